The van der Waals surface area contributed by atoms with Crippen molar-refractivity contribution in [3.63, 3.8) is 0 Å². The van der Waals surface area contributed by atoms with E-state index in [-0.39, 0.29) is 29.6 Å². The summed E-state index contributed by atoms with van der Waals surface area (Å²) in [5.74, 6) is -0.762. The number of nitrogens with one attached hydrogen (secondary N) is 1. The maximum absolute atomic E-state index is 14.3. The van der Waals surface area contributed by atoms with Gasteiger partial charge in [-0.05, 0) is 25.1 Å². The summed E-state index contributed by atoms with van der Waals surface area (Å²) >= 11 is 0. The number of aromatic nitrogens is 5. The van der Waals surface area contributed by atoms with E-state index in [0.29, 0.717) is 34.3 Å². The summed E-state index contributed by atoms with van der Waals surface area (Å²) in [6.07, 6.45) is 0.740. The van der Waals surface area contributed by atoms with Gasteiger partial charge in [-0.1, -0.05) is 18.2 Å². The Morgan fingerprint density at radius 3 is 2.83 bits per heavy atom. The zero-order valence-corrected chi connectivity index (χ0v) is 18.4. The van der Waals surface area contributed by atoms with Crippen molar-refractivity contribution in [3.05, 3.63) is 83.2 Å². The van der Waals surface area contributed by atoms with Crippen LogP contribution < -0.4 is 0 Å². The SMILES string of the molecule is Cc1ncccc1-c1nnc(C(=O)N2CCc3[nH]cnc3[C@H]2c2oc3ccccc3c2C(F)F)o1. The van der Waals surface area contributed by atoms with Crippen molar-refractivity contribution in [2.45, 2.75) is 25.8 Å². The third-order valence-corrected chi connectivity index (χ3v) is 6.16. The number of aryl methyl sites for hydroxylation is 1. The summed E-state index contributed by atoms with van der Waals surface area (Å²) in [5, 5.41) is 8.24. The van der Waals surface area contributed by atoms with Crippen LogP contribution in [0.1, 0.15) is 51.6 Å². The Labute approximate surface area is 196 Å². The van der Waals surface area contributed by atoms with Gasteiger partial charge in [0.1, 0.15) is 17.4 Å². The van der Waals surface area contributed by atoms with Crippen molar-refractivity contribution < 1.29 is 22.4 Å². The molecule has 0 fully saturated rings. The van der Waals surface area contributed by atoms with Gasteiger partial charge in [0.15, 0.2) is 0 Å². The first-order valence-electron chi connectivity index (χ1n) is 10.9. The summed E-state index contributed by atoms with van der Waals surface area (Å²) in [5.41, 5.74) is 2.49. The molecule has 1 atom stereocenters. The van der Waals surface area contributed by atoms with E-state index in [1.807, 2.05) is 0 Å². The lowest BCUT2D eigenvalue weighted by atomic mass is 9.97. The fourth-order valence-corrected chi connectivity index (χ4v) is 4.53. The molecule has 5 heterocycles. The molecule has 0 radical (unpaired) electrons. The van der Waals surface area contributed by atoms with Crippen molar-refractivity contribution in [2.24, 2.45) is 0 Å². The number of amides is 1. The molecule has 1 aromatic carbocycles. The smallest absolute Gasteiger partial charge is 0.312 e. The number of rotatable bonds is 4. The number of alkyl halides is 2. The maximum Gasteiger partial charge on any atom is 0.312 e. The zero-order chi connectivity index (χ0) is 24.1. The molecule has 0 aliphatic carbocycles. The van der Waals surface area contributed by atoms with Crippen LogP contribution >= 0.6 is 0 Å². The minimum Gasteiger partial charge on any atom is -0.458 e. The molecule has 0 spiro atoms. The second-order valence-electron chi connectivity index (χ2n) is 8.14. The first-order valence-corrected chi connectivity index (χ1v) is 10.9. The predicted molar refractivity (Wildman–Crippen MR) is 119 cm³/mol. The van der Waals surface area contributed by atoms with Gasteiger partial charge in [-0.3, -0.25) is 9.78 Å². The summed E-state index contributed by atoms with van der Waals surface area (Å²) in [4.78, 5) is 26.6. The molecule has 0 saturated carbocycles. The number of nitrogens with zero attached hydrogens (tertiary/aromatic N) is 5. The molecular weight excluding hydrogens is 458 g/mol. The van der Waals surface area contributed by atoms with Gasteiger partial charge in [-0.2, -0.15) is 0 Å². The molecule has 1 aliphatic heterocycles. The molecule has 1 aliphatic rings. The highest BCUT2D eigenvalue weighted by molar-refractivity contribution is 5.91. The fraction of sp³-hybridized carbons (Fsp3) is 0.208. The van der Waals surface area contributed by atoms with Crippen molar-refractivity contribution in [1.29, 1.82) is 0 Å². The molecule has 0 unspecified atom stereocenters. The molecule has 35 heavy (non-hydrogen) atoms. The number of carbonyl (C=O) groups is 1. The Kier molecular flexibility index (Phi) is 4.90. The van der Waals surface area contributed by atoms with Crippen molar-refractivity contribution in [1.82, 2.24) is 30.0 Å². The number of hydrogen-bond acceptors (Lipinski definition) is 7. The van der Waals surface area contributed by atoms with Crippen LogP contribution in [0.2, 0.25) is 0 Å². The van der Waals surface area contributed by atoms with Gasteiger partial charge in [-0.25, -0.2) is 13.8 Å². The summed E-state index contributed by atoms with van der Waals surface area (Å²) in [6, 6.07) is 9.04. The van der Waals surface area contributed by atoms with Crippen molar-refractivity contribution in [2.75, 3.05) is 6.54 Å². The van der Waals surface area contributed by atoms with Crippen molar-refractivity contribution in [3.8, 4) is 11.5 Å². The van der Waals surface area contributed by atoms with Crippen LogP contribution in [0.4, 0.5) is 8.78 Å². The van der Waals surface area contributed by atoms with Gasteiger partial charge in [0.25, 0.3) is 6.43 Å². The van der Waals surface area contributed by atoms with E-state index >= 15 is 0 Å². The Morgan fingerprint density at radius 1 is 1.14 bits per heavy atom. The number of para-hydroxylation sites is 1. The lowest BCUT2D eigenvalue weighted by Gasteiger charge is -2.33. The second kappa shape index (κ2) is 8.12. The number of hydrogen-bond donors (Lipinski definition) is 1. The molecule has 5 aromatic rings. The highest BCUT2D eigenvalue weighted by Gasteiger charge is 2.41. The Morgan fingerprint density at radius 2 is 2.00 bits per heavy atom. The van der Waals surface area contributed by atoms with Gasteiger partial charge < -0.3 is 18.7 Å². The Balaban J connectivity index is 1.46. The maximum atomic E-state index is 14.3. The molecule has 0 saturated heterocycles. The molecular formula is C24H18F2N6O3. The number of imidazole rings is 1. The molecule has 9 nitrogen and oxygen atoms in total. The number of pyridine rings is 1. The van der Waals surface area contributed by atoms with E-state index in [1.54, 1.807) is 49.5 Å². The van der Waals surface area contributed by atoms with Crippen LogP contribution in [0.15, 0.2) is 57.8 Å². The minimum atomic E-state index is -2.82. The normalized spacial score (nSPS) is 15.7. The van der Waals surface area contributed by atoms with Crippen LogP contribution in [-0.4, -0.2) is 42.5 Å². The monoisotopic (exact) mass is 476 g/mol. The average Bonchev–Trinajstić information content (AvgIpc) is 3.61. The molecule has 6 rings (SSSR count). The lowest BCUT2D eigenvalue weighted by Crippen LogP contribution is -2.41. The molecule has 1 amide bonds. The lowest BCUT2D eigenvalue weighted by molar-refractivity contribution is 0.0623. The Hall–Kier alpha value is -4.41. The average molecular weight is 476 g/mol. The topological polar surface area (TPSA) is 114 Å². The van der Waals surface area contributed by atoms with Gasteiger partial charge in [0.05, 0.1) is 23.1 Å². The van der Waals surface area contributed by atoms with E-state index in [9.17, 15) is 13.6 Å². The van der Waals surface area contributed by atoms with Gasteiger partial charge in [-0.15, -0.1) is 10.2 Å². The zero-order valence-electron chi connectivity index (χ0n) is 18.4. The second-order valence-corrected chi connectivity index (χ2v) is 8.14. The van der Waals surface area contributed by atoms with Gasteiger partial charge in [0, 0.05) is 35.9 Å². The first kappa shape index (κ1) is 21.1. The van der Waals surface area contributed by atoms with E-state index in [0.717, 1.165) is 5.69 Å². The van der Waals surface area contributed by atoms with Crippen LogP contribution in [-0.2, 0) is 6.42 Å². The molecule has 1 N–H and O–H groups in total. The third-order valence-electron chi connectivity index (χ3n) is 6.16. The molecule has 0 bridgehead atoms. The first-order chi connectivity index (χ1) is 17.0. The highest BCUT2D eigenvalue weighted by Crippen LogP contribution is 2.43. The number of furan rings is 1. The van der Waals surface area contributed by atoms with E-state index < -0.39 is 18.4 Å². The molecule has 176 valence electrons. The number of aromatic amines is 1. The number of halogens is 2. The Bertz CT molecular complexity index is 1560. The third kappa shape index (κ3) is 3.38. The minimum absolute atomic E-state index is 0.0366. The summed E-state index contributed by atoms with van der Waals surface area (Å²) < 4.78 is 40.2. The van der Waals surface area contributed by atoms with Crippen LogP contribution in [0.5, 0.6) is 0 Å². The number of H-pyrrole nitrogens is 1. The molecule has 11 heteroatoms. The van der Waals surface area contributed by atoms with Crippen LogP contribution in [0.3, 0.4) is 0 Å². The largest absolute Gasteiger partial charge is 0.458 e. The number of benzene rings is 1. The number of carbonyl (C=O) groups excluding carboxylic acids is 1. The summed E-state index contributed by atoms with van der Waals surface area (Å²) in [6.45, 7) is 2.00. The predicted octanol–water partition coefficient (Wildman–Crippen LogP) is 4.63. The van der Waals surface area contributed by atoms with Crippen LogP contribution in [0.25, 0.3) is 22.4 Å². The van der Waals surface area contributed by atoms with Gasteiger partial charge in [0.2, 0.25) is 5.89 Å². The summed E-state index contributed by atoms with van der Waals surface area (Å²) in [7, 11) is 0. The number of fused-ring (bicyclic) bond motifs is 2. The van der Waals surface area contributed by atoms with Crippen LogP contribution in [0, 0.1) is 6.92 Å². The fourth-order valence-electron chi connectivity index (χ4n) is 4.53. The highest BCUT2D eigenvalue weighted by atomic mass is 19.3. The molecule has 4 aromatic heterocycles. The van der Waals surface area contributed by atoms with Crippen molar-refractivity contribution >= 4 is 16.9 Å². The van der Waals surface area contributed by atoms with E-state index in [4.69, 9.17) is 8.83 Å². The standard InChI is InChI=1S/C24H18F2N6O3/c1-12-13(6-4-9-27-12)22-30-31-23(35-22)24(33)32-10-8-15-18(29-11-28-15)19(32)20-17(21(25)26)14-5-2-3-7-16(14)34-20/h2-7,9,11,19,21H,8,10H2,1H3,(H,28,29)/t19-/m0/s1. The van der Waals surface area contributed by atoms with E-state index in [2.05, 4.69) is 25.1 Å². The quantitative estimate of drug-likeness (QED) is 0.402. The van der Waals surface area contributed by atoms with Gasteiger partial charge >= 0.3 is 11.8 Å². The van der Waals surface area contributed by atoms with E-state index in [1.165, 1.54) is 11.2 Å².